The number of nitrogens with one attached hydrogen (secondary N) is 1. The van der Waals surface area contributed by atoms with Gasteiger partial charge in [-0.1, -0.05) is 0 Å². The maximum absolute atomic E-state index is 12.6. The van der Waals surface area contributed by atoms with Crippen molar-refractivity contribution >= 4 is 12.0 Å². The highest BCUT2D eigenvalue weighted by Gasteiger charge is 2.41. The topological polar surface area (TPSA) is 93.1 Å². The first-order valence-corrected chi connectivity index (χ1v) is 7.23. The number of nitrogens with zero attached hydrogens (tertiary/aromatic N) is 2. The lowest BCUT2D eigenvalue weighted by Crippen LogP contribution is -2.53. The maximum Gasteiger partial charge on any atom is 0.326 e. The molecule has 7 nitrogen and oxygen atoms in total. The first-order chi connectivity index (χ1) is 9.54. The molecule has 0 aromatic heterocycles. The predicted molar refractivity (Wildman–Crippen MR) is 72.4 cm³/mol. The fourth-order valence-electron chi connectivity index (χ4n) is 3.09. The van der Waals surface area contributed by atoms with Crippen LogP contribution in [0.5, 0.6) is 0 Å². The summed E-state index contributed by atoms with van der Waals surface area (Å²) in [6.45, 7) is 4.32. The number of β-amino-alcohol motifs (C(OH)–C–C–N with tert-alkyl or cyclic N) is 1. The smallest absolute Gasteiger partial charge is 0.326 e. The van der Waals surface area contributed by atoms with E-state index in [2.05, 4.69) is 5.32 Å². The number of carbonyl (C=O) groups excluding carboxylic acids is 1. The van der Waals surface area contributed by atoms with Crippen molar-refractivity contribution in [1.82, 2.24) is 15.1 Å². The highest BCUT2D eigenvalue weighted by Crippen LogP contribution is 2.22. The Bertz CT molecular complexity index is 371. The van der Waals surface area contributed by atoms with Gasteiger partial charge in [0.25, 0.3) is 0 Å². The van der Waals surface area contributed by atoms with Crippen molar-refractivity contribution in [3.05, 3.63) is 0 Å². The van der Waals surface area contributed by atoms with Gasteiger partial charge in [-0.25, -0.2) is 9.59 Å². The van der Waals surface area contributed by atoms with Crippen molar-refractivity contribution in [3.63, 3.8) is 0 Å². The summed E-state index contributed by atoms with van der Waals surface area (Å²) < 4.78 is 0. The van der Waals surface area contributed by atoms with E-state index in [1.165, 1.54) is 4.90 Å². The molecule has 0 saturated carbocycles. The van der Waals surface area contributed by atoms with Crippen LogP contribution in [0.15, 0.2) is 0 Å². The van der Waals surface area contributed by atoms with Gasteiger partial charge < -0.3 is 25.3 Å². The van der Waals surface area contributed by atoms with Crippen molar-refractivity contribution in [3.8, 4) is 0 Å². The van der Waals surface area contributed by atoms with E-state index < -0.39 is 18.1 Å². The van der Waals surface area contributed by atoms with Crippen LogP contribution in [0.1, 0.15) is 26.2 Å². The molecule has 2 heterocycles. The molecule has 2 aliphatic heterocycles. The highest BCUT2D eigenvalue weighted by atomic mass is 16.4. The number of likely N-dealkylation sites (tertiary alicyclic amines) is 1. The minimum atomic E-state index is -1.05. The molecule has 1 unspecified atom stereocenters. The van der Waals surface area contributed by atoms with Gasteiger partial charge in [-0.2, -0.15) is 0 Å². The number of aliphatic hydroxyl groups is 1. The van der Waals surface area contributed by atoms with Gasteiger partial charge in [-0.05, 0) is 32.9 Å². The van der Waals surface area contributed by atoms with Crippen LogP contribution in [-0.4, -0.2) is 76.4 Å². The molecule has 7 heteroatoms. The highest BCUT2D eigenvalue weighted by molar-refractivity contribution is 5.83. The van der Waals surface area contributed by atoms with Gasteiger partial charge in [0.1, 0.15) is 6.04 Å². The number of carbonyl (C=O) groups is 2. The summed E-state index contributed by atoms with van der Waals surface area (Å²) in [7, 11) is 0. The van der Waals surface area contributed by atoms with Crippen LogP contribution in [-0.2, 0) is 4.79 Å². The predicted octanol–water partition coefficient (Wildman–Crippen LogP) is -0.300. The number of hydrogen-bond acceptors (Lipinski definition) is 4. The first kappa shape index (κ1) is 15.1. The molecule has 0 aliphatic carbocycles. The van der Waals surface area contributed by atoms with Gasteiger partial charge >= 0.3 is 12.0 Å². The Kier molecular flexibility index (Phi) is 4.82. The summed E-state index contributed by atoms with van der Waals surface area (Å²) in [5, 5.41) is 22.1. The van der Waals surface area contributed by atoms with E-state index >= 15 is 0 Å². The van der Waals surface area contributed by atoms with Crippen LogP contribution < -0.4 is 5.32 Å². The quantitative estimate of drug-likeness (QED) is 0.662. The molecule has 20 heavy (non-hydrogen) atoms. The van der Waals surface area contributed by atoms with Crippen molar-refractivity contribution < 1.29 is 19.8 Å². The lowest BCUT2D eigenvalue weighted by atomic mass is 10.1. The van der Waals surface area contributed by atoms with Gasteiger partial charge in [0.15, 0.2) is 0 Å². The maximum atomic E-state index is 12.6. The zero-order valence-electron chi connectivity index (χ0n) is 11.8. The lowest BCUT2D eigenvalue weighted by molar-refractivity contribution is -0.141. The number of aliphatic carboxylic acids is 1. The third kappa shape index (κ3) is 3.04. The number of aliphatic hydroxyl groups excluding tert-OH is 1. The molecule has 2 rings (SSSR count). The second kappa shape index (κ2) is 6.41. The summed E-state index contributed by atoms with van der Waals surface area (Å²) in [6, 6.07) is -1.02. The van der Waals surface area contributed by atoms with E-state index in [1.54, 1.807) is 4.90 Å². The Morgan fingerprint density at radius 2 is 2.00 bits per heavy atom. The number of piperidine rings is 1. The Morgan fingerprint density at radius 1 is 1.35 bits per heavy atom. The Labute approximate surface area is 118 Å². The molecule has 0 bridgehead atoms. The molecule has 2 fully saturated rings. The monoisotopic (exact) mass is 285 g/mol. The number of carboxylic acids is 1. The number of amides is 2. The van der Waals surface area contributed by atoms with Crippen molar-refractivity contribution in [1.29, 1.82) is 0 Å². The molecule has 0 aromatic carbocycles. The lowest BCUT2D eigenvalue weighted by Gasteiger charge is -2.37. The second-order valence-corrected chi connectivity index (χ2v) is 5.45. The third-order valence-electron chi connectivity index (χ3n) is 4.15. The van der Waals surface area contributed by atoms with Gasteiger partial charge in [0.2, 0.25) is 0 Å². The van der Waals surface area contributed by atoms with Crippen LogP contribution in [0.4, 0.5) is 4.79 Å². The number of rotatable bonds is 3. The summed E-state index contributed by atoms with van der Waals surface area (Å²) in [4.78, 5) is 26.9. The van der Waals surface area contributed by atoms with Crippen LogP contribution >= 0.6 is 0 Å². The molecular weight excluding hydrogens is 262 g/mol. The Morgan fingerprint density at radius 3 is 2.55 bits per heavy atom. The number of urea groups is 1. The summed E-state index contributed by atoms with van der Waals surface area (Å²) in [5.41, 5.74) is 0. The van der Waals surface area contributed by atoms with Crippen molar-refractivity contribution in [2.75, 3.05) is 26.2 Å². The van der Waals surface area contributed by atoms with Crippen molar-refractivity contribution in [2.45, 2.75) is 44.4 Å². The molecule has 2 saturated heterocycles. The number of carboxylic acid groups (broad SMARTS) is 1. The average Bonchev–Trinajstić information content (AvgIpc) is 2.83. The van der Waals surface area contributed by atoms with E-state index in [9.17, 15) is 19.8 Å². The van der Waals surface area contributed by atoms with E-state index in [0.29, 0.717) is 6.54 Å². The minimum Gasteiger partial charge on any atom is -0.480 e. The third-order valence-corrected chi connectivity index (χ3v) is 4.15. The molecule has 2 aliphatic rings. The number of hydrogen-bond donors (Lipinski definition) is 3. The fraction of sp³-hybridized carbons (Fsp3) is 0.846. The summed E-state index contributed by atoms with van der Waals surface area (Å²) in [6.07, 6.45) is 1.14. The zero-order chi connectivity index (χ0) is 14.7. The van der Waals surface area contributed by atoms with Crippen LogP contribution in [0, 0.1) is 0 Å². The average molecular weight is 285 g/mol. The minimum absolute atomic E-state index is 0.108. The zero-order valence-corrected chi connectivity index (χ0v) is 11.8. The Balaban J connectivity index is 2.08. The van der Waals surface area contributed by atoms with E-state index in [1.807, 2.05) is 6.92 Å². The van der Waals surface area contributed by atoms with Crippen LogP contribution in [0.3, 0.4) is 0 Å². The molecule has 2 amide bonds. The molecule has 2 atom stereocenters. The SMILES string of the molecule is CCN(C(=O)N1CC(O)C[C@H]1C(=O)O)C1CCNCC1. The summed E-state index contributed by atoms with van der Waals surface area (Å²) >= 11 is 0. The molecular formula is C13H23N3O4. The second-order valence-electron chi connectivity index (χ2n) is 5.45. The molecule has 0 aromatic rings. The summed E-state index contributed by atoms with van der Waals surface area (Å²) in [5.74, 6) is -1.05. The molecule has 3 N–H and O–H groups in total. The van der Waals surface area contributed by atoms with E-state index in [0.717, 1.165) is 25.9 Å². The first-order valence-electron chi connectivity index (χ1n) is 7.23. The van der Waals surface area contributed by atoms with Gasteiger partial charge in [0.05, 0.1) is 6.10 Å². The van der Waals surface area contributed by atoms with Crippen LogP contribution in [0.2, 0.25) is 0 Å². The van der Waals surface area contributed by atoms with E-state index in [-0.39, 0.29) is 25.0 Å². The van der Waals surface area contributed by atoms with Gasteiger partial charge in [-0.3, -0.25) is 0 Å². The van der Waals surface area contributed by atoms with Crippen molar-refractivity contribution in [2.24, 2.45) is 0 Å². The fourth-order valence-corrected chi connectivity index (χ4v) is 3.09. The molecule has 0 radical (unpaired) electrons. The molecule has 0 spiro atoms. The normalized spacial score (nSPS) is 27.6. The van der Waals surface area contributed by atoms with Crippen LogP contribution in [0.25, 0.3) is 0 Å². The largest absolute Gasteiger partial charge is 0.480 e. The standard InChI is InChI=1S/C13H23N3O4/c1-2-15(9-3-5-14-6-4-9)13(20)16-8-10(17)7-11(16)12(18)19/h9-11,14,17H,2-8H2,1H3,(H,18,19)/t10?,11-/m0/s1. The Hall–Kier alpha value is -1.34. The molecule has 114 valence electrons. The van der Waals surface area contributed by atoms with Gasteiger partial charge in [0, 0.05) is 25.6 Å². The van der Waals surface area contributed by atoms with E-state index in [4.69, 9.17) is 0 Å². The van der Waals surface area contributed by atoms with Gasteiger partial charge in [-0.15, -0.1) is 0 Å².